The molecular formula is C20H18ClNO5S2. The predicted molar refractivity (Wildman–Crippen MR) is 113 cm³/mol. The molecule has 9 heteroatoms. The first-order valence-corrected chi connectivity index (χ1v) is 12.1. The second-order valence-corrected chi connectivity index (χ2v) is 10.6. The largest absolute Gasteiger partial charge is 0.455 e. The van der Waals surface area contributed by atoms with Crippen molar-refractivity contribution in [3.63, 3.8) is 0 Å². The molecule has 29 heavy (non-hydrogen) atoms. The molecule has 0 aromatic heterocycles. The molecule has 6 nitrogen and oxygen atoms in total. The third-order valence-electron chi connectivity index (χ3n) is 4.14. The minimum absolute atomic E-state index is 0.0780. The highest BCUT2D eigenvalue weighted by Crippen LogP contribution is 2.36. The van der Waals surface area contributed by atoms with Crippen molar-refractivity contribution < 1.29 is 21.6 Å². The van der Waals surface area contributed by atoms with E-state index in [0.717, 1.165) is 16.6 Å². The summed E-state index contributed by atoms with van der Waals surface area (Å²) < 4.78 is 57.0. The van der Waals surface area contributed by atoms with E-state index < -0.39 is 19.9 Å². The van der Waals surface area contributed by atoms with Gasteiger partial charge in [0.2, 0.25) is 0 Å². The first-order chi connectivity index (χ1) is 13.6. The molecule has 0 atom stereocenters. The summed E-state index contributed by atoms with van der Waals surface area (Å²) >= 11 is 6.10. The van der Waals surface area contributed by atoms with Gasteiger partial charge in [0, 0.05) is 13.3 Å². The molecule has 152 valence electrons. The van der Waals surface area contributed by atoms with Gasteiger partial charge in [-0.25, -0.2) is 16.8 Å². The van der Waals surface area contributed by atoms with Crippen molar-refractivity contribution >= 4 is 37.1 Å². The topological polar surface area (TPSA) is 80.8 Å². The van der Waals surface area contributed by atoms with Gasteiger partial charge in [0.1, 0.15) is 10.6 Å². The average molecular weight is 452 g/mol. The van der Waals surface area contributed by atoms with Crippen LogP contribution >= 0.6 is 11.6 Å². The fraction of sp³-hybridized carbons (Fsp3) is 0.100. The minimum atomic E-state index is -4.16. The summed E-state index contributed by atoms with van der Waals surface area (Å²) in [6.07, 6.45) is 0.999. The van der Waals surface area contributed by atoms with Gasteiger partial charge >= 0.3 is 0 Å². The standard InChI is InChI=1S/C20H18ClNO5S2/c1-22(18-10-6-7-11-19(18)27-15-8-4-3-5-9-15)29(25,26)20-14-16(28(2,23)24)12-13-17(20)21/h3-14H,1-2H3. The Balaban J connectivity index is 2.06. The number of rotatable bonds is 6. The number of benzene rings is 3. The maximum Gasteiger partial charge on any atom is 0.265 e. The van der Waals surface area contributed by atoms with Crippen LogP contribution in [0.2, 0.25) is 5.02 Å². The van der Waals surface area contributed by atoms with E-state index in [1.807, 2.05) is 6.07 Å². The fourth-order valence-corrected chi connectivity index (χ4v) is 5.04. The molecule has 3 rings (SSSR count). The van der Waals surface area contributed by atoms with E-state index >= 15 is 0 Å². The Labute approximate surface area is 175 Å². The van der Waals surface area contributed by atoms with Crippen LogP contribution in [0.5, 0.6) is 11.5 Å². The number of halogens is 1. The number of para-hydroxylation sites is 3. The smallest absolute Gasteiger partial charge is 0.265 e. The maximum atomic E-state index is 13.2. The number of nitrogens with zero attached hydrogens (tertiary/aromatic N) is 1. The van der Waals surface area contributed by atoms with Crippen LogP contribution in [-0.4, -0.2) is 30.1 Å². The van der Waals surface area contributed by atoms with Crippen molar-refractivity contribution in [1.82, 2.24) is 0 Å². The molecule has 3 aromatic rings. The molecular weight excluding hydrogens is 434 g/mol. The van der Waals surface area contributed by atoms with E-state index in [-0.39, 0.29) is 20.5 Å². The van der Waals surface area contributed by atoms with Crippen molar-refractivity contribution in [2.45, 2.75) is 9.79 Å². The Hall–Kier alpha value is -2.55. The molecule has 0 fully saturated rings. The van der Waals surface area contributed by atoms with Crippen LogP contribution in [0.3, 0.4) is 0 Å². The van der Waals surface area contributed by atoms with Gasteiger partial charge < -0.3 is 4.74 Å². The summed E-state index contributed by atoms with van der Waals surface area (Å²) in [5, 5.41) is -0.0780. The molecule has 0 saturated heterocycles. The highest BCUT2D eigenvalue weighted by Gasteiger charge is 2.27. The third-order valence-corrected chi connectivity index (χ3v) is 7.51. The maximum absolute atomic E-state index is 13.2. The number of sulfonamides is 1. The van der Waals surface area contributed by atoms with Crippen LogP contribution in [0.25, 0.3) is 0 Å². The molecule has 3 aromatic carbocycles. The molecule has 0 bridgehead atoms. The van der Waals surface area contributed by atoms with Gasteiger partial charge in [-0.1, -0.05) is 41.9 Å². The number of hydrogen-bond acceptors (Lipinski definition) is 5. The Morgan fingerprint density at radius 3 is 2.14 bits per heavy atom. The molecule has 0 saturated carbocycles. The van der Waals surface area contributed by atoms with Crippen LogP contribution in [-0.2, 0) is 19.9 Å². The molecule has 0 N–H and O–H groups in total. The molecule has 0 aliphatic heterocycles. The predicted octanol–water partition coefficient (Wildman–Crippen LogP) is 4.36. The first kappa shape index (κ1) is 21.2. The van der Waals surface area contributed by atoms with E-state index in [1.54, 1.807) is 48.5 Å². The highest BCUT2D eigenvalue weighted by atomic mass is 35.5. The van der Waals surface area contributed by atoms with E-state index in [2.05, 4.69) is 0 Å². The zero-order valence-corrected chi connectivity index (χ0v) is 18.0. The second-order valence-electron chi connectivity index (χ2n) is 6.22. The van der Waals surface area contributed by atoms with Gasteiger partial charge in [-0.3, -0.25) is 4.31 Å². The molecule has 0 amide bonds. The summed E-state index contributed by atoms with van der Waals surface area (Å²) in [5.74, 6) is 0.864. The molecule has 0 heterocycles. The lowest BCUT2D eigenvalue weighted by atomic mass is 10.3. The van der Waals surface area contributed by atoms with Gasteiger partial charge in [0.25, 0.3) is 10.0 Å². The van der Waals surface area contributed by atoms with Crippen molar-refractivity contribution in [2.24, 2.45) is 0 Å². The summed E-state index contributed by atoms with van der Waals surface area (Å²) in [6.45, 7) is 0. The quantitative estimate of drug-likeness (QED) is 0.556. The van der Waals surface area contributed by atoms with Crippen LogP contribution in [0.1, 0.15) is 0 Å². The lowest BCUT2D eigenvalue weighted by Crippen LogP contribution is -2.27. The fourth-order valence-electron chi connectivity index (χ4n) is 2.61. The van der Waals surface area contributed by atoms with Crippen LogP contribution < -0.4 is 9.04 Å². The second kappa shape index (κ2) is 8.06. The van der Waals surface area contributed by atoms with Crippen LogP contribution in [0.15, 0.2) is 82.6 Å². The van der Waals surface area contributed by atoms with Gasteiger partial charge in [-0.05, 0) is 42.5 Å². The lowest BCUT2D eigenvalue weighted by molar-refractivity contribution is 0.483. The third kappa shape index (κ3) is 4.55. The number of sulfone groups is 1. The molecule has 0 aliphatic carbocycles. The zero-order valence-electron chi connectivity index (χ0n) is 15.6. The van der Waals surface area contributed by atoms with Crippen LogP contribution in [0, 0.1) is 0 Å². The number of hydrogen-bond donors (Lipinski definition) is 0. The Bertz CT molecular complexity index is 1240. The minimum Gasteiger partial charge on any atom is -0.455 e. The summed E-state index contributed by atoms with van der Waals surface area (Å²) in [6, 6.07) is 19.1. The Morgan fingerprint density at radius 2 is 1.48 bits per heavy atom. The van der Waals surface area contributed by atoms with E-state index in [0.29, 0.717) is 11.5 Å². The Kier molecular flexibility index (Phi) is 5.88. The van der Waals surface area contributed by atoms with Gasteiger partial charge in [0.05, 0.1) is 15.6 Å². The van der Waals surface area contributed by atoms with Gasteiger partial charge in [0.15, 0.2) is 15.6 Å². The van der Waals surface area contributed by atoms with E-state index in [4.69, 9.17) is 16.3 Å². The lowest BCUT2D eigenvalue weighted by Gasteiger charge is -2.23. The molecule has 0 radical (unpaired) electrons. The number of ether oxygens (including phenoxy) is 1. The average Bonchev–Trinajstić information content (AvgIpc) is 2.68. The van der Waals surface area contributed by atoms with Crippen LogP contribution in [0.4, 0.5) is 5.69 Å². The molecule has 0 spiro atoms. The molecule has 0 unspecified atom stereocenters. The van der Waals surface area contributed by atoms with E-state index in [1.165, 1.54) is 19.2 Å². The highest BCUT2D eigenvalue weighted by molar-refractivity contribution is 7.93. The monoisotopic (exact) mass is 451 g/mol. The van der Waals surface area contributed by atoms with Crippen molar-refractivity contribution in [1.29, 1.82) is 0 Å². The van der Waals surface area contributed by atoms with Gasteiger partial charge in [-0.2, -0.15) is 0 Å². The van der Waals surface area contributed by atoms with Crippen molar-refractivity contribution in [3.05, 3.63) is 77.8 Å². The normalized spacial score (nSPS) is 11.8. The summed E-state index contributed by atoms with van der Waals surface area (Å²) in [4.78, 5) is -0.443. The first-order valence-electron chi connectivity index (χ1n) is 8.41. The summed E-state index contributed by atoms with van der Waals surface area (Å²) in [7, 11) is -6.42. The number of anilines is 1. The zero-order chi connectivity index (χ0) is 21.2. The summed E-state index contributed by atoms with van der Waals surface area (Å²) in [5.41, 5.74) is 0.275. The van der Waals surface area contributed by atoms with Crippen molar-refractivity contribution in [3.8, 4) is 11.5 Å². The molecule has 0 aliphatic rings. The van der Waals surface area contributed by atoms with Gasteiger partial charge in [-0.15, -0.1) is 0 Å². The SMILES string of the molecule is CN(c1ccccc1Oc1ccccc1)S(=O)(=O)c1cc(S(C)(=O)=O)ccc1Cl. The van der Waals surface area contributed by atoms with Crippen molar-refractivity contribution in [2.75, 3.05) is 17.6 Å². The van der Waals surface area contributed by atoms with E-state index in [9.17, 15) is 16.8 Å². The Morgan fingerprint density at radius 1 is 0.862 bits per heavy atom.